The predicted molar refractivity (Wildman–Crippen MR) is 39.9 cm³/mol. The minimum absolute atomic E-state index is 0.797. The Morgan fingerprint density at radius 1 is 1.38 bits per heavy atom. The number of carbonyl (C=O) groups is 3. The molecular formula is C7H10O6. The van der Waals surface area contributed by atoms with Crippen molar-refractivity contribution in [3.63, 3.8) is 0 Å². The van der Waals surface area contributed by atoms with E-state index in [1.165, 1.54) is 0 Å². The van der Waals surface area contributed by atoms with Gasteiger partial charge in [0.15, 0.2) is 5.60 Å². The molecule has 0 aliphatic carbocycles. The Balaban J connectivity index is 4.37. The van der Waals surface area contributed by atoms with Crippen molar-refractivity contribution in [2.45, 2.75) is 18.9 Å². The maximum absolute atomic E-state index is 10.8. The summed E-state index contributed by atoms with van der Waals surface area (Å²) >= 11 is 0. The molecular weight excluding hydrogens is 180 g/mol. The fraction of sp³-hybridized carbons (Fsp3) is 0.571. The van der Waals surface area contributed by atoms with E-state index in [1.54, 1.807) is 0 Å². The highest BCUT2D eigenvalue weighted by Crippen LogP contribution is 2.10. The first kappa shape index (κ1) is 11.6. The molecule has 0 saturated heterocycles. The van der Waals surface area contributed by atoms with Crippen molar-refractivity contribution in [1.29, 1.82) is 0 Å². The highest BCUT2D eigenvalue weighted by atomic mass is 16.5. The minimum atomic E-state index is -2.23. The maximum atomic E-state index is 10.8. The average Bonchev–Trinajstić information content (AvgIpc) is 2.01. The molecule has 74 valence electrons. The molecule has 2 N–H and O–H groups in total. The van der Waals surface area contributed by atoms with Crippen molar-refractivity contribution in [1.82, 2.24) is 0 Å². The molecule has 0 aromatic rings. The average molecular weight is 190 g/mol. The Kier molecular flexibility index (Phi) is 3.55. The van der Waals surface area contributed by atoms with Crippen molar-refractivity contribution in [3.8, 4) is 0 Å². The third-order valence-corrected chi connectivity index (χ3v) is 1.38. The summed E-state index contributed by atoms with van der Waals surface area (Å²) in [6, 6.07) is 0. The molecule has 0 aliphatic heterocycles. The summed E-state index contributed by atoms with van der Waals surface area (Å²) < 4.78 is 4.05. The molecule has 1 unspecified atom stereocenters. The zero-order chi connectivity index (χ0) is 10.6. The van der Waals surface area contributed by atoms with Crippen LogP contribution in [0.4, 0.5) is 0 Å². The summed E-state index contributed by atoms with van der Waals surface area (Å²) in [7, 11) is 0.996. The number of aliphatic hydroxyl groups is 1. The number of methoxy groups -OCH3 is 1. The maximum Gasteiger partial charge on any atom is 0.374 e. The number of esters is 1. The Bertz CT molecular complexity index is 241. The molecule has 13 heavy (non-hydrogen) atoms. The second kappa shape index (κ2) is 3.99. The summed E-state index contributed by atoms with van der Waals surface area (Å²) in [5, 5.41) is 17.5. The zero-order valence-corrected chi connectivity index (χ0v) is 7.23. The van der Waals surface area contributed by atoms with Crippen LogP contribution in [-0.4, -0.2) is 40.6 Å². The molecule has 0 aromatic carbocycles. The minimum Gasteiger partial charge on any atom is -0.479 e. The van der Waals surface area contributed by atoms with Crippen LogP contribution in [-0.2, 0) is 19.1 Å². The van der Waals surface area contributed by atoms with Gasteiger partial charge in [0, 0.05) is 0 Å². The lowest BCUT2D eigenvalue weighted by molar-refractivity contribution is -0.162. The molecule has 0 aliphatic rings. The van der Waals surface area contributed by atoms with Crippen LogP contribution in [0.5, 0.6) is 0 Å². The molecule has 0 fully saturated rings. The quantitative estimate of drug-likeness (QED) is 0.433. The summed E-state index contributed by atoms with van der Waals surface area (Å²) in [6.07, 6.45) is -0.797. The van der Waals surface area contributed by atoms with Crippen molar-refractivity contribution >= 4 is 17.7 Å². The molecule has 6 nitrogen and oxygen atoms in total. The molecule has 0 heterocycles. The monoisotopic (exact) mass is 190 g/mol. The number of hydrogen-bond donors (Lipinski definition) is 2. The van der Waals surface area contributed by atoms with Crippen molar-refractivity contribution in [3.05, 3.63) is 0 Å². The predicted octanol–water partition coefficient (Wildman–Crippen LogP) is -1.05. The van der Waals surface area contributed by atoms with E-state index in [1.807, 2.05) is 0 Å². The van der Waals surface area contributed by atoms with Gasteiger partial charge in [0.1, 0.15) is 0 Å². The van der Waals surface area contributed by atoms with E-state index in [0.717, 1.165) is 14.0 Å². The van der Waals surface area contributed by atoms with Gasteiger partial charge in [-0.3, -0.25) is 4.79 Å². The van der Waals surface area contributed by atoms with E-state index in [9.17, 15) is 14.4 Å². The Labute approximate surface area is 74.1 Å². The van der Waals surface area contributed by atoms with E-state index in [0.29, 0.717) is 0 Å². The van der Waals surface area contributed by atoms with Gasteiger partial charge in [-0.05, 0) is 6.92 Å². The van der Waals surface area contributed by atoms with Crippen LogP contribution in [0.3, 0.4) is 0 Å². The lowest BCUT2D eigenvalue weighted by Crippen LogP contribution is -2.39. The van der Waals surface area contributed by atoms with Gasteiger partial charge in [0.05, 0.1) is 13.5 Å². The lowest BCUT2D eigenvalue weighted by Gasteiger charge is -2.15. The van der Waals surface area contributed by atoms with Crippen LogP contribution >= 0.6 is 0 Å². The Morgan fingerprint density at radius 3 is 2.15 bits per heavy atom. The first-order chi connectivity index (χ1) is 5.81. The fourth-order valence-corrected chi connectivity index (χ4v) is 0.574. The van der Waals surface area contributed by atoms with Gasteiger partial charge >= 0.3 is 11.9 Å². The number of hydrogen-bond acceptors (Lipinski definition) is 5. The number of ketones is 1. The van der Waals surface area contributed by atoms with Crippen LogP contribution in [0.2, 0.25) is 0 Å². The molecule has 6 heteroatoms. The van der Waals surface area contributed by atoms with Gasteiger partial charge in [-0.15, -0.1) is 0 Å². The molecule has 0 bridgehead atoms. The first-order valence-corrected chi connectivity index (χ1v) is 3.38. The van der Waals surface area contributed by atoms with E-state index >= 15 is 0 Å². The zero-order valence-electron chi connectivity index (χ0n) is 7.23. The fourth-order valence-electron chi connectivity index (χ4n) is 0.574. The smallest absolute Gasteiger partial charge is 0.374 e. The van der Waals surface area contributed by atoms with E-state index in [-0.39, 0.29) is 0 Å². The highest BCUT2D eigenvalue weighted by Gasteiger charge is 2.35. The number of carboxylic acids is 1. The molecule has 0 spiro atoms. The largest absolute Gasteiger partial charge is 0.479 e. The molecule has 1 atom stereocenters. The van der Waals surface area contributed by atoms with Crippen LogP contribution in [0, 0.1) is 0 Å². The summed E-state index contributed by atoms with van der Waals surface area (Å²) in [5.74, 6) is -3.80. The van der Waals surface area contributed by atoms with Crippen LogP contribution in [0.15, 0.2) is 0 Å². The van der Waals surface area contributed by atoms with Crippen LogP contribution in [0.1, 0.15) is 13.3 Å². The third kappa shape index (κ3) is 3.20. The van der Waals surface area contributed by atoms with Gasteiger partial charge in [0.25, 0.3) is 0 Å². The van der Waals surface area contributed by atoms with E-state index < -0.39 is 29.7 Å². The summed E-state index contributed by atoms with van der Waals surface area (Å²) in [6.45, 7) is 0.927. The van der Waals surface area contributed by atoms with Crippen molar-refractivity contribution < 1.29 is 29.3 Å². The highest BCUT2D eigenvalue weighted by molar-refractivity contribution is 6.34. The summed E-state index contributed by atoms with van der Waals surface area (Å²) in [5.41, 5.74) is -2.23. The van der Waals surface area contributed by atoms with Crippen molar-refractivity contribution in [2.75, 3.05) is 7.11 Å². The molecule has 0 aromatic heterocycles. The van der Waals surface area contributed by atoms with Crippen molar-refractivity contribution in [2.24, 2.45) is 0 Å². The van der Waals surface area contributed by atoms with E-state index in [4.69, 9.17) is 10.2 Å². The Morgan fingerprint density at radius 2 is 1.85 bits per heavy atom. The molecule has 0 rings (SSSR count). The summed E-state index contributed by atoms with van der Waals surface area (Å²) in [4.78, 5) is 31.6. The van der Waals surface area contributed by atoms with Gasteiger partial charge in [-0.2, -0.15) is 0 Å². The SMILES string of the molecule is COC(=O)C(=O)CC(C)(O)C(=O)O. The second-order valence-corrected chi connectivity index (χ2v) is 2.67. The number of carbonyl (C=O) groups excluding carboxylic acids is 2. The molecule has 0 amide bonds. The van der Waals surface area contributed by atoms with Gasteiger partial charge in [-0.25, -0.2) is 9.59 Å². The number of ether oxygens (including phenoxy) is 1. The van der Waals surface area contributed by atoms with Crippen LogP contribution < -0.4 is 0 Å². The third-order valence-electron chi connectivity index (χ3n) is 1.38. The number of carboxylic acid groups (broad SMARTS) is 1. The molecule has 0 saturated carbocycles. The van der Waals surface area contributed by atoms with Gasteiger partial charge in [0.2, 0.25) is 5.78 Å². The second-order valence-electron chi connectivity index (χ2n) is 2.67. The first-order valence-electron chi connectivity index (χ1n) is 3.38. The number of Topliss-reactive ketones (excluding diaryl/α,β-unsaturated/α-hetero) is 1. The topological polar surface area (TPSA) is 101 Å². The number of aliphatic carboxylic acids is 1. The normalized spacial score (nSPS) is 14.4. The van der Waals surface area contributed by atoms with E-state index in [2.05, 4.69) is 4.74 Å². The van der Waals surface area contributed by atoms with Crippen LogP contribution in [0.25, 0.3) is 0 Å². The standard InChI is InChI=1S/C7H10O6/c1-7(12,6(10)11)3-4(8)5(9)13-2/h12H,3H2,1-2H3,(H,10,11). The lowest BCUT2D eigenvalue weighted by atomic mass is 10.00. The van der Waals surface area contributed by atoms with Gasteiger partial charge in [-0.1, -0.05) is 0 Å². The Hall–Kier alpha value is -1.43. The molecule has 0 radical (unpaired) electrons. The number of rotatable bonds is 4. The van der Waals surface area contributed by atoms with Gasteiger partial charge < -0.3 is 14.9 Å².